The van der Waals surface area contributed by atoms with Crippen LogP contribution in [-0.2, 0) is 19.1 Å². The van der Waals surface area contributed by atoms with Gasteiger partial charge in [0.15, 0.2) is 0 Å². The van der Waals surface area contributed by atoms with Crippen molar-refractivity contribution in [1.29, 1.82) is 0 Å². The number of ketones is 1. The van der Waals surface area contributed by atoms with Crippen molar-refractivity contribution in [3.05, 3.63) is 21.5 Å². The third-order valence-electron chi connectivity index (χ3n) is 4.68. The van der Waals surface area contributed by atoms with Crippen molar-refractivity contribution in [3.63, 3.8) is 0 Å². The molecule has 0 fully saturated rings. The van der Waals surface area contributed by atoms with Gasteiger partial charge in [-0.25, -0.2) is 0 Å². The van der Waals surface area contributed by atoms with Crippen LogP contribution in [0.2, 0.25) is 14.8 Å². The van der Waals surface area contributed by atoms with Crippen molar-refractivity contribution < 1.29 is 19.1 Å². The molecule has 1 aliphatic carbocycles. The van der Waals surface area contributed by atoms with Crippen LogP contribution in [0.15, 0.2) is 21.5 Å². The van der Waals surface area contributed by atoms with Gasteiger partial charge in [0.25, 0.3) is 0 Å². The van der Waals surface area contributed by atoms with Gasteiger partial charge in [0, 0.05) is 0 Å². The Labute approximate surface area is 150 Å². The number of ether oxygens (including phenoxy) is 2. The number of carbonyl (C=O) groups is 2. The molecule has 1 rings (SSSR count). The average Bonchev–Trinajstić information content (AvgIpc) is 2.50. The van der Waals surface area contributed by atoms with Crippen molar-refractivity contribution in [2.75, 3.05) is 13.7 Å². The molecular weight excluding hydrogens is 411 g/mol. The first-order valence-electron chi connectivity index (χ1n) is 8.66. The summed E-state index contributed by atoms with van der Waals surface area (Å²) in [5.41, 5.74) is -1.09. The summed E-state index contributed by atoms with van der Waals surface area (Å²) in [4.78, 5) is 32.1. The van der Waals surface area contributed by atoms with E-state index in [0.29, 0.717) is 37.5 Å². The van der Waals surface area contributed by atoms with Crippen LogP contribution in [0.5, 0.6) is 0 Å². The third kappa shape index (κ3) is 5.36. The Bertz CT molecular complexity index is 540. The van der Waals surface area contributed by atoms with Crippen LogP contribution < -0.4 is 0 Å². The second-order valence-electron chi connectivity index (χ2n) is 8.09. The number of esters is 1. The van der Waals surface area contributed by atoms with Crippen LogP contribution in [0.25, 0.3) is 0 Å². The molecule has 0 saturated heterocycles. The SMILES string of the molecule is COC(=O)[C@]1(C/C=[C](/C)[Sn]([CH3])([CH3])[CH3])CCC(OCC(C)C)=CC1=O. The van der Waals surface area contributed by atoms with Gasteiger partial charge in [-0.3, -0.25) is 0 Å². The second-order valence-corrected chi connectivity index (χ2v) is 23.2. The Hall–Kier alpha value is -0.781. The molecule has 1 atom stereocenters. The Morgan fingerprint density at radius 3 is 2.46 bits per heavy atom. The summed E-state index contributed by atoms with van der Waals surface area (Å²) in [6.07, 6.45) is 5.07. The Kier molecular flexibility index (Phi) is 7.57. The van der Waals surface area contributed by atoms with Gasteiger partial charge >= 0.3 is 151 Å². The first-order chi connectivity index (χ1) is 11.0. The number of hydrogen-bond donors (Lipinski definition) is 0. The molecule has 0 radical (unpaired) electrons. The standard InChI is InChI=1S/C16H23O4.3CH3.Sn/c1-5-6-8-16(15(18)19-4)9-7-13(10-14(16)17)20-11-12(2)3;;;;/h6,10,12H,7-9,11H2,1-4H3;3*1H3;/t16-;;;;/m1..../s1. The molecule has 0 aromatic carbocycles. The second kappa shape index (κ2) is 8.54. The third-order valence-corrected chi connectivity index (χ3v) is 12.0. The summed E-state index contributed by atoms with van der Waals surface area (Å²) in [5.74, 6) is 0.467. The van der Waals surface area contributed by atoms with Gasteiger partial charge in [0.1, 0.15) is 0 Å². The summed E-state index contributed by atoms with van der Waals surface area (Å²) in [7, 11) is 1.35. The minimum absolute atomic E-state index is 0.187. The molecule has 24 heavy (non-hydrogen) atoms. The molecule has 136 valence electrons. The fraction of sp³-hybridized carbons (Fsp3) is 0.684. The van der Waals surface area contributed by atoms with E-state index in [0.717, 1.165) is 0 Å². The van der Waals surface area contributed by atoms with Gasteiger partial charge in [0.05, 0.1) is 0 Å². The van der Waals surface area contributed by atoms with E-state index in [1.54, 1.807) is 0 Å². The summed E-state index contributed by atoms with van der Waals surface area (Å²) < 4.78 is 12.0. The first-order valence-corrected chi connectivity index (χ1v) is 18.7. The first kappa shape index (κ1) is 21.3. The van der Waals surface area contributed by atoms with E-state index >= 15 is 0 Å². The van der Waals surface area contributed by atoms with E-state index in [1.807, 2.05) is 0 Å². The molecule has 0 spiro atoms. The summed E-state index contributed by atoms with van der Waals surface area (Å²) in [6.45, 7) is 6.84. The van der Waals surface area contributed by atoms with Crippen molar-refractivity contribution in [1.82, 2.24) is 0 Å². The molecule has 1 aliphatic rings. The number of rotatable bonds is 7. The predicted molar refractivity (Wildman–Crippen MR) is 99.3 cm³/mol. The van der Waals surface area contributed by atoms with E-state index in [9.17, 15) is 9.59 Å². The van der Waals surface area contributed by atoms with Crippen LogP contribution >= 0.6 is 0 Å². The number of allylic oxidation sites excluding steroid dienone is 4. The molecule has 0 aromatic rings. The zero-order valence-electron chi connectivity index (χ0n) is 16.2. The predicted octanol–water partition coefficient (Wildman–Crippen LogP) is 4.28. The fourth-order valence-electron chi connectivity index (χ4n) is 2.52. The van der Waals surface area contributed by atoms with Crippen molar-refractivity contribution in [2.45, 2.75) is 54.9 Å². The Morgan fingerprint density at radius 1 is 1.38 bits per heavy atom. The van der Waals surface area contributed by atoms with Gasteiger partial charge in [-0.15, -0.1) is 0 Å². The summed E-state index contributed by atoms with van der Waals surface area (Å²) >= 11 is -2.16. The molecule has 0 aliphatic heterocycles. The Morgan fingerprint density at radius 2 is 2.00 bits per heavy atom. The molecular formula is C19H32O4Sn. The van der Waals surface area contributed by atoms with Gasteiger partial charge in [0.2, 0.25) is 0 Å². The zero-order valence-corrected chi connectivity index (χ0v) is 19.0. The monoisotopic (exact) mass is 444 g/mol. The Balaban J connectivity index is 3.03. The molecule has 0 saturated carbocycles. The topological polar surface area (TPSA) is 52.6 Å². The molecule has 0 heterocycles. The van der Waals surface area contributed by atoms with E-state index in [4.69, 9.17) is 9.47 Å². The molecule has 5 heteroatoms. The minimum atomic E-state index is -2.16. The molecule has 0 aromatic heterocycles. The van der Waals surface area contributed by atoms with Gasteiger partial charge in [-0.05, 0) is 0 Å². The fourth-order valence-corrected chi connectivity index (χ4v) is 4.56. The maximum atomic E-state index is 12.8. The van der Waals surface area contributed by atoms with E-state index in [-0.39, 0.29) is 5.78 Å². The number of methoxy groups -OCH3 is 1. The van der Waals surface area contributed by atoms with E-state index in [2.05, 4.69) is 41.7 Å². The molecule has 0 unspecified atom stereocenters. The maximum absolute atomic E-state index is 12.8. The normalized spacial score (nSPS) is 22.4. The van der Waals surface area contributed by atoms with Crippen molar-refractivity contribution in [2.24, 2.45) is 11.3 Å². The molecule has 0 bridgehead atoms. The number of hydrogen-bond acceptors (Lipinski definition) is 4. The van der Waals surface area contributed by atoms with Crippen LogP contribution in [0, 0.1) is 11.3 Å². The van der Waals surface area contributed by atoms with Gasteiger partial charge in [-0.2, -0.15) is 0 Å². The van der Waals surface area contributed by atoms with Crippen LogP contribution in [0.4, 0.5) is 0 Å². The molecule has 4 nitrogen and oxygen atoms in total. The van der Waals surface area contributed by atoms with Crippen LogP contribution in [0.3, 0.4) is 0 Å². The van der Waals surface area contributed by atoms with Crippen LogP contribution in [-0.4, -0.2) is 43.8 Å². The van der Waals surface area contributed by atoms with Crippen molar-refractivity contribution >= 4 is 30.1 Å². The van der Waals surface area contributed by atoms with Gasteiger partial charge < -0.3 is 0 Å². The van der Waals surface area contributed by atoms with Gasteiger partial charge in [-0.1, -0.05) is 0 Å². The zero-order chi connectivity index (χ0) is 18.5. The molecule has 0 N–H and O–H groups in total. The molecule has 0 amide bonds. The van der Waals surface area contributed by atoms with E-state index < -0.39 is 29.8 Å². The van der Waals surface area contributed by atoms with Crippen molar-refractivity contribution in [3.8, 4) is 0 Å². The quantitative estimate of drug-likeness (QED) is 0.335. The average molecular weight is 443 g/mol. The summed E-state index contributed by atoms with van der Waals surface area (Å²) in [5, 5.41) is 0. The van der Waals surface area contributed by atoms with Crippen LogP contribution in [0.1, 0.15) is 40.0 Å². The van der Waals surface area contributed by atoms with E-state index in [1.165, 1.54) is 16.8 Å². The summed E-state index contributed by atoms with van der Waals surface area (Å²) in [6, 6.07) is 0. The number of carbonyl (C=O) groups excluding carboxylic acids is 2.